The lowest BCUT2D eigenvalue weighted by Gasteiger charge is -2.45. The van der Waals surface area contributed by atoms with Gasteiger partial charge >= 0.3 is 0 Å². The van der Waals surface area contributed by atoms with Gasteiger partial charge < -0.3 is 4.90 Å². The summed E-state index contributed by atoms with van der Waals surface area (Å²) in [4.78, 5) is 8.03. The van der Waals surface area contributed by atoms with Gasteiger partial charge in [0.25, 0.3) is 0 Å². The van der Waals surface area contributed by atoms with E-state index in [1.54, 1.807) is 0 Å². The molecule has 3 heteroatoms. The molecule has 21 heavy (non-hydrogen) atoms. The molecular formula is C18H37N3. The summed E-state index contributed by atoms with van der Waals surface area (Å²) in [5.41, 5.74) is 0.350. The molecule has 0 radical (unpaired) electrons. The SMILES string of the molecule is CC(C)N1CCN(CC2CCN(C(C)(C)C)CC2)C[C@H]1C. The topological polar surface area (TPSA) is 9.72 Å². The zero-order chi connectivity index (χ0) is 15.6. The number of rotatable bonds is 3. The monoisotopic (exact) mass is 295 g/mol. The zero-order valence-electron chi connectivity index (χ0n) is 15.2. The second kappa shape index (κ2) is 6.97. The Bertz CT molecular complexity index is 313. The molecule has 1 atom stereocenters. The quantitative estimate of drug-likeness (QED) is 0.792. The fourth-order valence-corrected chi connectivity index (χ4v) is 4.13. The molecule has 2 aliphatic heterocycles. The van der Waals surface area contributed by atoms with Gasteiger partial charge in [-0.15, -0.1) is 0 Å². The van der Waals surface area contributed by atoms with E-state index >= 15 is 0 Å². The first-order valence-electron chi connectivity index (χ1n) is 9.00. The Morgan fingerprint density at radius 1 is 1.00 bits per heavy atom. The summed E-state index contributed by atoms with van der Waals surface area (Å²) >= 11 is 0. The first-order chi connectivity index (χ1) is 9.77. The average Bonchev–Trinajstić information content (AvgIpc) is 2.38. The molecule has 0 amide bonds. The minimum Gasteiger partial charge on any atom is -0.300 e. The molecule has 0 aliphatic carbocycles. The molecule has 0 N–H and O–H groups in total. The third-order valence-electron chi connectivity index (χ3n) is 5.51. The predicted octanol–water partition coefficient (Wildman–Crippen LogP) is 2.91. The van der Waals surface area contributed by atoms with Crippen LogP contribution in [0.25, 0.3) is 0 Å². The van der Waals surface area contributed by atoms with Crippen LogP contribution in [0.4, 0.5) is 0 Å². The van der Waals surface area contributed by atoms with Crippen molar-refractivity contribution in [3.63, 3.8) is 0 Å². The Balaban J connectivity index is 1.75. The predicted molar refractivity (Wildman–Crippen MR) is 91.8 cm³/mol. The van der Waals surface area contributed by atoms with E-state index in [0.29, 0.717) is 17.6 Å². The number of hydrogen-bond donors (Lipinski definition) is 0. The molecule has 124 valence electrons. The first kappa shape index (κ1) is 17.2. The van der Waals surface area contributed by atoms with Crippen molar-refractivity contribution in [2.45, 2.75) is 72.0 Å². The minimum absolute atomic E-state index is 0.350. The standard InChI is InChI=1S/C18H37N3/c1-15(2)21-12-11-19(13-16(21)3)14-17-7-9-20(10-8-17)18(4,5)6/h15-17H,7-14H2,1-6H3/t16-/m1/s1. The zero-order valence-corrected chi connectivity index (χ0v) is 15.2. The molecule has 0 bridgehead atoms. The van der Waals surface area contributed by atoms with E-state index in [1.807, 2.05) is 0 Å². The van der Waals surface area contributed by atoms with Crippen molar-refractivity contribution in [2.24, 2.45) is 5.92 Å². The van der Waals surface area contributed by atoms with Crippen LogP contribution in [-0.2, 0) is 0 Å². The summed E-state index contributed by atoms with van der Waals surface area (Å²) in [6, 6.07) is 1.41. The number of piperazine rings is 1. The van der Waals surface area contributed by atoms with Crippen molar-refractivity contribution in [3.8, 4) is 0 Å². The van der Waals surface area contributed by atoms with Crippen LogP contribution >= 0.6 is 0 Å². The largest absolute Gasteiger partial charge is 0.300 e. The Morgan fingerprint density at radius 3 is 2.10 bits per heavy atom. The van der Waals surface area contributed by atoms with Gasteiger partial charge in [-0.25, -0.2) is 0 Å². The molecule has 2 aliphatic rings. The summed E-state index contributed by atoms with van der Waals surface area (Å²) in [5.74, 6) is 0.918. The van der Waals surface area contributed by atoms with Crippen molar-refractivity contribution in [1.29, 1.82) is 0 Å². The van der Waals surface area contributed by atoms with Gasteiger partial charge in [0.2, 0.25) is 0 Å². The van der Waals surface area contributed by atoms with E-state index in [1.165, 1.54) is 52.1 Å². The van der Waals surface area contributed by atoms with Gasteiger partial charge in [0.15, 0.2) is 0 Å². The van der Waals surface area contributed by atoms with Gasteiger partial charge in [0.1, 0.15) is 0 Å². The summed E-state index contributed by atoms with van der Waals surface area (Å²) in [6.07, 6.45) is 2.77. The van der Waals surface area contributed by atoms with Gasteiger partial charge in [-0.05, 0) is 73.4 Å². The lowest BCUT2D eigenvalue weighted by Crippen LogP contribution is -2.55. The highest BCUT2D eigenvalue weighted by molar-refractivity contribution is 4.86. The van der Waals surface area contributed by atoms with Gasteiger partial charge in [-0.3, -0.25) is 9.80 Å². The first-order valence-corrected chi connectivity index (χ1v) is 9.00. The molecule has 0 unspecified atom stereocenters. The van der Waals surface area contributed by atoms with Crippen molar-refractivity contribution in [3.05, 3.63) is 0 Å². The Labute approximate surface area is 132 Å². The minimum atomic E-state index is 0.350. The smallest absolute Gasteiger partial charge is 0.0198 e. The maximum atomic E-state index is 2.72. The van der Waals surface area contributed by atoms with E-state index < -0.39 is 0 Å². The third kappa shape index (κ3) is 4.67. The Kier molecular flexibility index (Phi) is 5.72. The van der Waals surface area contributed by atoms with Crippen LogP contribution < -0.4 is 0 Å². The maximum absolute atomic E-state index is 2.72. The van der Waals surface area contributed by atoms with E-state index in [0.717, 1.165) is 5.92 Å². The molecule has 0 aromatic heterocycles. The molecule has 3 nitrogen and oxygen atoms in total. The van der Waals surface area contributed by atoms with Gasteiger partial charge in [-0.1, -0.05) is 0 Å². The van der Waals surface area contributed by atoms with Crippen molar-refractivity contribution in [1.82, 2.24) is 14.7 Å². The van der Waals surface area contributed by atoms with Gasteiger partial charge in [-0.2, -0.15) is 0 Å². The van der Waals surface area contributed by atoms with Crippen molar-refractivity contribution < 1.29 is 0 Å². The lowest BCUT2D eigenvalue weighted by molar-refractivity contribution is 0.0338. The third-order valence-corrected chi connectivity index (χ3v) is 5.51. The summed E-state index contributed by atoms with van der Waals surface area (Å²) < 4.78 is 0. The van der Waals surface area contributed by atoms with Gasteiger partial charge in [0.05, 0.1) is 0 Å². The van der Waals surface area contributed by atoms with Gasteiger partial charge in [0, 0.05) is 43.8 Å². The van der Waals surface area contributed by atoms with Crippen LogP contribution in [0.2, 0.25) is 0 Å². The second-order valence-electron chi connectivity index (χ2n) is 8.54. The molecular weight excluding hydrogens is 258 g/mol. The van der Waals surface area contributed by atoms with Crippen molar-refractivity contribution in [2.75, 3.05) is 39.3 Å². The maximum Gasteiger partial charge on any atom is 0.0198 e. The number of hydrogen-bond acceptors (Lipinski definition) is 3. The number of piperidine rings is 1. The fourth-order valence-electron chi connectivity index (χ4n) is 4.13. The van der Waals surface area contributed by atoms with E-state index in [2.05, 4.69) is 56.2 Å². The number of nitrogens with zero attached hydrogens (tertiary/aromatic N) is 3. The summed E-state index contributed by atoms with van der Waals surface area (Å²) in [6.45, 7) is 21.8. The highest BCUT2D eigenvalue weighted by Gasteiger charge is 2.30. The molecule has 0 spiro atoms. The highest BCUT2D eigenvalue weighted by Crippen LogP contribution is 2.25. The molecule has 0 aromatic carbocycles. The number of likely N-dealkylation sites (tertiary alicyclic amines) is 1. The van der Waals surface area contributed by atoms with Crippen molar-refractivity contribution >= 4 is 0 Å². The molecule has 2 saturated heterocycles. The Hall–Kier alpha value is -0.120. The van der Waals surface area contributed by atoms with E-state index in [9.17, 15) is 0 Å². The lowest BCUT2D eigenvalue weighted by atomic mass is 9.92. The molecule has 2 fully saturated rings. The molecule has 0 aromatic rings. The van der Waals surface area contributed by atoms with Crippen LogP contribution in [0.3, 0.4) is 0 Å². The Morgan fingerprint density at radius 2 is 1.62 bits per heavy atom. The van der Waals surface area contributed by atoms with Crippen LogP contribution in [-0.4, -0.2) is 71.6 Å². The van der Waals surface area contributed by atoms with Crippen LogP contribution in [0.1, 0.15) is 54.4 Å². The molecule has 2 heterocycles. The van der Waals surface area contributed by atoms with Crippen LogP contribution in [0, 0.1) is 5.92 Å². The van der Waals surface area contributed by atoms with E-state index in [4.69, 9.17) is 0 Å². The van der Waals surface area contributed by atoms with Crippen LogP contribution in [0.5, 0.6) is 0 Å². The molecule has 0 saturated carbocycles. The van der Waals surface area contributed by atoms with E-state index in [-0.39, 0.29) is 0 Å². The highest BCUT2D eigenvalue weighted by atomic mass is 15.3. The van der Waals surface area contributed by atoms with Crippen LogP contribution in [0.15, 0.2) is 0 Å². The normalized spacial score (nSPS) is 28.4. The summed E-state index contributed by atoms with van der Waals surface area (Å²) in [5, 5.41) is 0. The fraction of sp³-hybridized carbons (Fsp3) is 1.00. The molecule has 2 rings (SSSR count). The second-order valence-corrected chi connectivity index (χ2v) is 8.54. The summed E-state index contributed by atoms with van der Waals surface area (Å²) in [7, 11) is 0. The average molecular weight is 296 g/mol.